The number of hydrogen-bond donors (Lipinski definition) is 1. The normalized spacial score (nSPS) is 26.2. The van der Waals surface area contributed by atoms with Gasteiger partial charge in [0, 0.05) is 29.8 Å². The number of nitrogens with zero attached hydrogens (tertiary/aromatic N) is 2. The van der Waals surface area contributed by atoms with E-state index in [9.17, 15) is 5.11 Å². The lowest BCUT2D eigenvalue weighted by molar-refractivity contribution is 0.171. The van der Waals surface area contributed by atoms with E-state index in [0.29, 0.717) is 6.04 Å². The summed E-state index contributed by atoms with van der Waals surface area (Å²) in [6.45, 7) is 4.23. The van der Waals surface area contributed by atoms with Crippen molar-refractivity contribution in [3.63, 3.8) is 0 Å². The Morgan fingerprint density at radius 2 is 2.18 bits per heavy atom. The van der Waals surface area contributed by atoms with Crippen molar-refractivity contribution in [2.24, 2.45) is 0 Å². The lowest BCUT2D eigenvalue weighted by atomic mass is 10.1. The van der Waals surface area contributed by atoms with Crippen LogP contribution in [0.25, 0.3) is 0 Å². The van der Waals surface area contributed by atoms with Gasteiger partial charge in [0.15, 0.2) is 0 Å². The molecule has 0 aliphatic carbocycles. The lowest BCUT2D eigenvalue weighted by Crippen LogP contribution is -2.58. The number of piperazine rings is 1. The van der Waals surface area contributed by atoms with Crippen molar-refractivity contribution < 1.29 is 5.11 Å². The molecule has 1 heterocycles. The Hall–Kier alpha value is -0.770. The number of likely N-dealkylation sites (N-methyl/N-ethyl adjacent to an activating group) is 1. The third-order valence-corrected chi connectivity index (χ3v) is 3.52. The molecule has 0 bridgehead atoms. The zero-order chi connectivity index (χ0) is 12.4. The largest absolute Gasteiger partial charge is 0.394 e. The van der Waals surface area contributed by atoms with E-state index in [0.717, 1.165) is 23.8 Å². The molecule has 0 aromatic heterocycles. The molecule has 3 nitrogen and oxygen atoms in total. The van der Waals surface area contributed by atoms with Crippen LogP contribution in [0.5, 0.6) is 0 Å². The molecule has 0 saturated carbocycles. The Bertz CT molecular complexity index is 385. The highest BCUT2D eigenvalue weighted by atomic mass is 35.5. The van der Waals surface area contributed by atoms with E-state index in [2.05, 4.69) is 29.8 Å². The van der Waals surface area contributed by atoms with Gasteiger partial charge in [-0.05, 0) is 32.2 Å². The van der Waals surface area contributed by atoms with Gasteiger partial charge in [0.2, 0.25) is 0 Å². The quantitative estimate of drug-likeness (QED) is 0.873. The number of rotatable bonds is 2. The summed E-state index contributed by atoms with van der Waals surface area (Å²) in [6, 6.07) is 8.37. The standard InChI is InChI=1S/C13H19ClN2O/c1-10-7-15(2)8-13(9-17)16(10)12-5-3-4-11(14)6-12/h3-6,10,13,17H,7-9H2,1-2H3. The molecule has 1 N–H and O–H groups in total. The van der Waals surface area contributed by atoms with E-state index in [1.54, 1.807) is 0 Å². The van der Waals surface area contributed by atoms with Crippen LogP contribution in [0.2, 0.25) is 5.02 Å². The molecule has 1 aromatic carbocycles. The second kappa shape index (κ2) is 5.25. The van der Waals surface area contributed by atoms with Crippen LogP contribution in [-0.4, -0.2) is 48.8 Å². The van der Waals surface area contributed by atoms with Crippen LogP contribution in [0.3, 0.4) is 0 Å². The van der Waals surface area contributed by atoms with E-state index < -0.39 is 0 Å². The van der Waals surface area contributed by atoms with Crippen molar-refractivity contribution in [3.8, 4) is 0 Å². The Morgan fingerprint density at radius 1 is 1.41 bits per heavy atom. The first-order valence-electron chi connectivity index (χ1n) is 5.95. The van der Waals surface area contributed by atoms with E-state index in [4.69, 9.17) is 11.6 Å². The first-order valence-corrected chi connectivity index (χ1v) is 6.33. The summed E-state index contributed by atoms with van der Waals surface area (Å²) in [5.41, 5.74) is 1.09. The fraction of sp³-hybridized carbons (Fsp3) is 0.538. The molecule has 0 amide bonds. The maximum atomic E-state index is 9.53. The van der Waals surface area contributed by atoms with Crippen molar-refractivity contribution in [3.05, 3.63) is 29.3 Å². The predicted octanol–water partition coefficient (Wildman–Crippen LogP) is 1.84. The van der Waals surface area contributed by atoms with Gasteiger partial charge in [0.05, 0.1) is 12.6 Å². The smallest absolute Gasteiger partial charge is 0.0651 e. The monoisotopic (exact) mass is 254 g/mol. The van der Waals surface area contributed by atoms with Gasteiger partial charge in [-0.25, -0.2) is 0 Å². The molecule has 1 aromatic rings. The Balaban J connectivity index is 2.28. The molecular weight excluding hydrogens is 236 g/mol. The second-order valence-corrected chi connectivity index (χ2v) is 5.23. The minimum Gasteiger partial charge on any atom is -0.394 e. The Labute approximate surface area is 108 Å². The number of benzene rings is 1. The highest BCUT2D eigenvalue weighted by Gasteiger charge is 2.30. The summed E-state index contributed by atoms with van der Waals surface area (Å²) in [4.78, 5) is 4.53. The van der Waals surface area contributed by atoms with Crippen LogP contribution >= 0.6 is 11.6 Å². The first kappa shape index (κ1) is 12.7. The van der Waals surface area contributed by atoms with Gasteiger partial charge in [-0.2, -0.15) is 0 Å². The van der Waals surface area contributed by atoms with Crippen LogP contribution in [-0.2, 0) is 0 Å². The van der Waals surface area contributed by atoms with E-state index in [-0.39, 0.29) is 12.6 Å². The molecule has 2 atom stereocenters. The highest BCUT2D eigenvalue weighted by molar-refractivity contribution is 6.30. The average Bonchev–Trinajstić information content (AvgIpc) is 2.27. The Morgan fingerprint density at radius 3 is 2.82 bits per heavy atom. The zero-order valence-corrected chi connectivity index (χ0v) is 11.1. The fourth-order valence-corrected chi connectivity index (χ4v) is 2.85. The lowest BCUT2D eigenvalue weighted by Gasteiger charge is -2.45. The SMILES string of the molecule is CC1CN(C)CC(CO)N1c1cccc(Cl)c1. The summed E-state index contributed by atoms with van der Waals surface area (Å²) in [7, 11) is 2.09. The molecule has 4 heteroatoms. The van der Waals surface area contributed by atoms with Crippen LogP contribution < -0.4 is 4.90 Å². The molecule has 2 unspecified atom stereocenters. The summed E-state index contributed by atoms with van der Waals surface area (Å²) in [6.07, 6.45) is 0. The van der Waals surface area contributed by atoms with E-state index >= 15 is 0 Å². The van der Waals surface area contributed by atoms with Crippen molar-refractivity contribution in [1.82, 2.24) is 4.90 Å². The average molecular weight is 255 g/mol. The first-order chi connectivity index (χ1) is 8.11. The van der Waals surface area contributed by atoms with Crippen LogP contribution in [0, 0.1) is 0 Å². The van der Waals surface area contributed by atoms with Gasteiger partial charge in [0.25, 0.3) is 0 Å². The van der Waals surface area contributed by atoms with Gasteiger partial charge < -0.3 is 14.9 Å². The molecule has 1 aliphatic heterocycles. The van der Waals surface area contributed by atoms with E-state index in [1.807, 2.05) is 18.2 Å². The Kier molecular flexibility index (Phi) is 3.92. The fourth-order valence-electron chi connectivity index (χ4n) is 2.67. The van der Waals surface area contributed by atoms with Gasteiger partial charge in [0.1, 0.15) is 0 Å². The van der Waals surface area contributed by atoms with Crippen LogP contribution in [0.4, 0.5) is 5.69 Å². The molecular formula is C13H19ClN2O. The molecule has 1 saturated heterocycles. The molecule has 1 aliphatic rings. The predicted molar refractivity (Wildman–Crippen MR) is 71.8 cm³/mol. The van der Waals surface area contributed by atoms with E-state index in [1.165, 1.54) is 0 Å². The van der Waals surface area contributed by atoms with Crippen LogP contribution in [0.1, 0.15) is 6.92 Å². The van der Waals surface area contributed by atoms with Crippen molar-refractivity contribution in [2.45, 2.75) is 19.0 Å². The number of aliphatic hydroxyl groups is 1. The third-order valence-electron chi connectivity index (χ3n) is 3.28. The van der Waals surface area contributed by atoms with Gasteiger partial charge >= 0.3 is 0 Å². The number of anilines is 1. The van der Waals surface area contributed by atoms with Gasteiger partial charge in [-0.3, -0.25) is 0 Å². The number of halogens is 1. The highest BCUT2D eigenvalue weighted by Crippen LogP contribution is 2.26. The number of aliphatic hydroxyl groups excluding tert-OH is 1. The molecule has 17 heavy (non-hydrogen) atoms. The van der Waals surface area contributed by atoms with Crippen molar-refractivity contribution in [1.29, 1.82) is 0 Å². The zero-order valence-electron chi connectivity index (χ0n) is 10.3. The minimum atomic E-state index is 0.141. The maximum absolute atomic E-state index is 9.53. The molecule has 0 radical (unpaired) electrons. The minimum absolute atomic E-state index is 0.141. The van der Waals surface area contributed by atoms with Gasteiger partial charge in [-0.1, -0.05) is 17.7 Å². The molecule has 0 spiro atoms. The maximum Gasteiger partial charge on any atom is 0.0651 e. The topological polar surface area (TPSA) is 26.7 Å². The summed E-state index contributed by atoms with van der Waals surface area (Å²) in [5, 5.41) is 10.3. The van der Waals surface area contributed by atoms with Gasteiger partial charge in [-0.15, -0.1) is 0 Å². The van der Waals surface area contributed by atoms with Crippen LogP contribution in [0.15, 0.2) is 24.3 Å². The third kappa shape index (κ3) is 2.73. The number of hydrogen-bond acceptors (Lipinski definition) is 3. The van der Waals surface area contributed by atoms with Crippen molar-refractivity contribution >= 4 is 17.3 Å². The van der Waals surface area contributed by atoms with Crippen molar-refractivity contribution in [2.75, 3.05) is 31.6 Å². The molecule has 94 valence electrons. The summed E-state index contributed by atoms with van der Waals surface area (Å²) >= 11 is 6.03. The molecule has 1 fully saturated rings. The summed E-state index contributed by atoms with van der Waals surface area (Å²) in [5.74, 6) is 0. The second-order valence-electron chi connectivity index (χ2n) is 4.79. The molecule has 2 rings (SSSR count). The summed E-state index contributed by atoms with van der Waals surface area (Å²) < 4.78 is 0.